The molecule has 9 heteroatoms. The number of hydrogen-bond acceptors (Lipinski definition) is 9. The fourth-order valence-electron chi connectivity index (χ4n) is 4.24. The lowest BCUT2D eigenvalue weighted by molar-refractivity contribution is -0.166. The Bertz CT molecular complexity index is 974. The summed E-state index contributed by atoms with van der Waals surface area (Å²) in [6, 6.07) is 0. The number of rotatable bonds is 8. The number of aliphatic hydroxyl groups excluding tert-OH is 1. The van der Waals surface area contributed by atoms with E-state index < -0.39 is 48.2 Å². The average molecular weight is 505 g/mol. The number of aliphatic hydroxyl groups is 1. The lowest BCUT2D eigenvalue weighted by Gasteiger charge is -2.37. The van der Waals surface area contributed by atoms with Gasteiger partial charge in [0.25, 0.3) is 0 Å². The van der Waals surface area contributed by atoms with Crippen LogP contribution in [0.15, 0.2) is 47.6 Å². The quantitative estimate of drug-likeness (QED) is 0.230. The maximum atomic E-state index is 13.2. The van der Waals surface area contributed by atoms with Crippen molar-refractivity contribution in [1.29, 1.82) is 0 Å². The maximum absolute atomic E-state index is 13.2. The molecule has 0 radical (unpaired) electrons. The SMILES string of the molecule is C=C1CCC=C(C(=O)OC)C(OC(C)CC)C(OC(=O)C(=CC)CC(C)=O)C2C(=C)C(=O)OC2C1O. The van der Waals surface area contributed by atoms with Gasteiger partial charge in [0.15, 0.2) is 0 Å². The van der Waals surface area contributed by atoms with Crippen molar-refractivity contribution in [1.82, 2.24) is 0 Å². The van der Waals surface area contributed by atoms with E-state index in [0.717, 1.165) is 0 Å². The van der Waals surface area contributed by atoms with Crippen molar-refractivity contribution in [2.75, 3.05) is 7.11 Å². The number of ether oxygens (including phenoxy) is 4. The van der Waals surface area contributed by atoms with E-state index in [0.29, 0.717) is 24.8 Å². The first kappa shape index (κ1) is 29.2. The van der Waals surface area contributed by atoms with Gasteiger partial charge in [0.05, 0.1) is 24.7 Å². The third-order valence-electron chi connectivity index (χ3n) is 6.45. The molecule has 0 aromatic carbocycles. The monoisotopic (exact) mass is 504 g/mol. The minimum atomic E-state index is -1.32. The van der Waals surface area contributed by atoms with Crippen LogP contribution in [0, 0.1) is 5.92 Å². The van der Waals surface area contributed by atoms with Crippen molar-refractivity contribution in [3.63, 3.8) is 0 Å². The standard InChI is InChI=1S/C27H36O9/c1-8-16(5)34-22-19(27(32)33-7)12-10-11-14(3)21(29)23-20(17(6)25(30)35-23)24(22)36-26(31)18(9-2)13-15(4)28/h9,12,16,20-24,29H,3,6,8,10-11,13H2,1-2,4-5,7H3. The van der Waals surface area contributed by atoms with Gasteiger partial charge in [0, 0.05) is 17.6 Å². The molecule has 2 rings (SSSR count). The first-order valence-corrected chi connectivity index (χ1v) is 12.0. The predicted octanol–water partition coefficient (Wildman–Crippen LogP) is 2.92. The van der Waals surface area contributed by atoms with Crippen molar-refractivity contribution >= 4 is 23.7 Å². The van der Waals surface area contributed by atoms with Crippen LogP contribution in [0.25, 0.3) is 0 Å². The van der Waals surface area contributed by atoms with Gasteiger partial charge in [-0.2, -0.15) is 0 Å². The van der Waals surface area contributed by atoms with Crippen LogP contribution in [0.5, 0.6) is 0 Å². The summed E-state index contributed by atoms with van der Waals surface area (Å²) in [5.74, 6) is -3.60. The average Bonchev–Trinajstić information content (AvgIpc) is 3.14. The highest BCUT2D eigenvalue weighted by Crippen LogP contribution is 2.40. The van der Waals surface area contributed by atoms with E-state index in [1.807, 2.05) is 6.92 Å². The van der Waals surface area contributed by atoms with Crippen LogP contribution in [0.4, 0.5) is 0 Å². The molecule has 1 saturated heterocycles. The molecule has 2 aliphatic rings. The normalized spacial score (nSPS) is 27.9. The van der Waals surface area contributed by atoms with Gasteiger partial charge >= 0.3 is 17.9 Å². The van der Waals surface area contributed by atoms with Gasteiger partial charge in [-0.25, -0.2) is 14.4 Å². The highest BCUT2D eigenvalue weighted by Gasteiger charge is 2.53. The van der Waals surface area contributed by atoms with Crippen molar-refractivity contribution in [3.8, 4) is 0 Å². The Morgan fingerprint density at radius 1 is 1.31 bits per heavy atom. The Kier molecular flexibility index (Phi) is 10.4. The zero-order chi connectivity index (χ0) is 27.2. The molecule has 0 aromatic rings. The third-order valence-corrected chi connectivity index (χ3v) is 6.45. The molecule has 9 nitrogen and oxygen atoms in total. The second kappa shape index (κ2) is 12.8. The molecule has 1 aliphatic heterocycles. The minimum absolute atomic E-state index is 0.0409. The molecule has 0 spiro atoms. The lowest BCUT2D eigenvalue weighted by atomic mass is 9.80. The second-order valence-corrected chi connectivity index (χ2v) is 9.05. The number of Topliss-reactive ketones (excluding diaryl/α,β-unsaturated/α-hetero) is 1. The van der Waals surface area contributed by atoms with E-state index in [2.05, 4.69) is 13.2 Å². The number of ketones is 1. The summed E-state index contributed by atoms with van der Waals surface area (Å²) in [7, 11) is 1.22. The van der Waals surface area contributed by atoms with E-state index in [9.17, 15) is 24.3 Å². The summed E-state index contributed by atoms with van der Waals surface area (Å²) >= 11 is 0. The number of allylic oxidation sites excluding steroid dienone is 2. The van der Waals surface area contributed by atoms with Gasteiger partial charge in [-0.3, -0.25) is 4.79 Å². The molecule has 0 amide bonds. The Balaban J connectivity index is 2.74. The number of methoxy groups -OCH3 is 1. The lowest BCUT2D eigenvalue weighted by Crippen LogP contribution is -2.49. The van der Waals surface area contributed by atoms with Gasteiger partial charge in [0.1, 0.15) is 30.2 Å². The van der Waals surface area contributed by atoms with Crippen LogP contribution in [0.3, 0.4) is 0 Å². The van der Waals surface area contributed by atoms with Crippen LogP contribution >= 0.6 is 0 Å². The summed E-state index contributed by atoms with van der Waals surface area (Å²) in [6.07, 6.45) is -1.23. The fraction of sp³-hybridized carbons (Fsp3) is 0.556. The zero-order valence-electron chi connectivity index (χ0n) is 21.6. The molecule has 1 fully saturated rings. The van der Waals surface area contributed by atoms with Crippen LogP contribution in [0.1, 0.15) is 53.4 Å². The number of carbonyl (C=O) groups is 4. The van der Waals surface area contributed by atoms with Gasteiger partial charge in [-0.05, 0) is 45.6 Å². The largest absolute Gasteiger partial charge is 0.466 e. The maximum Gasteiger partial charge on any atom is 0.336 e. The molecule has 36 heavy (non-hydrogen) atoms. The Hall–Kier alpha value is -3.04. The molecule has 1 heterocycles. The summed E-state index contributed by atoms with van der Waals surface area (Å²) in [6.45, 7) is 14.4. The fourth-order valence-corrected chi connectivity index (χ4v) is 4.24. The topological polar surface area (TPSA) is 125 Å². The van der Waals surface area contributed by atoms with Crippen LogP contribution in [-0.4, -0.2) is 66.4 Å². The van der Waals surface area contributed by atoms with Gasteiger partial charge in [-0.15, -0.1) is 0 Å². The molecule has 1 aliphatic carbocycles. The third kappa shape index (κ3) is 6.59. The number of fused-ring (bicyclic) bond motifs is 1. The summed E-state index contributed by atoms with van der Waals surface area (Å²) in [4.78, 5) is 50.5. The number of hydrogen-bond donors (Lipinski definition) is 1. The summed E-state index contributed by atoms with van der Waals surface area (Å²) in [5, 5.41) is 11.0. The van der Waals surface area contributed by atoms with Crippen molar-refractivity contribution in [2.24, 2.45) is 5.92 Å². The molecule has 0 aromatic heterocycles. The van der Waals surface area contributed by atoms with Gasteiger partial charge in [0.2, 0.25) is 0 Å². The molecule has 1 N–H and O–H groups in total. The van der Waals surface area contributed by atoms with Crippen LogP contribution in [-0.2, 0) is 38.1 Å². The molecule has 198 valence electrons. The first-order chi connectivity index (χ1) is 17.0. The molecule has 6 unspecified atom stereocenters. The number of esters is 3. The van der Waals surface area contributed by atoms with Crippen LogP contribution < -0.4 is 0 Å². The smallest absolute Gasteiger partial charge is 0.336 e. The Labute approximate surface area is 211 Å². The highest BCUT2D eigenvalue weighted by atomic mass is 16.6. The van der Waals surface area contributed by atoms with E-state index in [1.54, 1.807) is 19.9 Å². The summed E-state index contributed by atoms with van der Waals surface area (Å²) < 4.78 is 22.6. The number of carbonyl (C=O) groups excluding carboxylic acids is 4. The summed E-state index contributed by atoms with van der Waals surface area (Å²) in [5.41, 5.74) is 0.535. The van der Waals surface area contributed by atoms with Gasteiger partial charge < -0.3 is 24.1 Å². The Morgan fingerprint density at radius 3 is 2.53 bits per heavy atom. The molecular weight excluding hydrogens is 468 g/mol. The Morgan fingerprint density at radius 2 is 1.97 bits per heavy atom. The van der Waals surface area contributed by atoms with E-state index in [1.165, 1.54) is 20.1 Å². The molecule has 0 bridgehead atoms. The van der Waals surface area contributed by atoms with Crippen LogP contribution in [0.2, 0.25) is 0 Å². The highest BCUT2D eigenvalue weighted by molar-refractivity contribution is 5.96. The van der Waals surface area contributed by atoms with E-state index in [4.69, 9.17) is 18.9 Å². The molecular formula is C27H36O9. The minimum Gasteiger partial charge on any atom is -0.466 e. The second-order valence-electron chi connectivity index (χ2n) is 9.05. The van der Waals surface area contributed by atoms with E-state index >= 15 is 0 Å². The van der Waals surface area contributed by atoms with Gasteiger partial charge in [-0.1, -0.05) is 32.2 Å². The van der Waals surface area contributed by atoms with E-state index in [-0.39, 0.29) is 35.0 Å². The van der Waals surface area contributed by atoms with Crippen molar-refractivity contribution in [3.05, 3.63) is 47.6 Å². The molecule has 6 atom stereocenters. The molecule has 0 saturated carbocycles. The first-order valence-electron chi connectivity index (χ1n) is 12.0. The predicted molar refractivity (Wildman–Crippen MR) is 131 cm³/mol. The van der Waals surface area contributed by atoms with Crippen molar-refractivity contribution in [2.45, 2.75) is 83.9 Å². The van der Waals surface area contributed by atoms with Crippen molar-refractivity contribution < 1.29 is 43.2 Å². The zero-order valence-corrected chi connectivity index (χ0v) is 21.6.